The zero-order valence-corrected chi connectivity index (χ0v) is 17.2. The van der Waals surface area contributed by atoms with Crippen molar-refractivity contribution in [2.45, 2.75) is 20.1 Å². The maximum absolute atomic E-state index is 13.3. The molecule has 1 aromatic carbocycles. The van der Waals surface area contributed by atoms with Gasteiger partial charge in [-0.3, -0.25) is 4.65 Å². The number of nitrogens with zero attached hydrogens (tertiary/aromatic N) is 3. The Hall–Kier alpha value is -1.52. The van der Waals surface area contributed by atoms with Crippen LogP contribution < -0.4 is 9.38 Å². The zero-order valence-electron chi connectivity index (χ0n) is 14.8. The fourth-order valence-electron chi connectivity index (χ4n) is 2.92. The molecule has 3 rings (SSSR count). The minimum atomic E-state index is -0.867. The molecule has 9 heteroatoms. The number of ether oxygens (including phenoxy) is 2. The summed E-state index contributed by atoms with van der Waals surface area (Å²) in [6.07, 6.45) is 0.714. The third-order valence-corrected chi connectivity index (χ3v) is 5.70. The summed E-state index contributed by atoms with van der Waals surface area (Å²) in [6.45, 7) is 4.18. The Morgan fingerprint density at radius 1 is 1.50 bits per heavy atom. The van der Waals surface area contributed by atoms with Crippen molar-refractivity contribution < 1.29 is 14.3 Å². The first-order valence-corrected chi connectivity index (χ1v) is 9.67. The highest BCUT2D eigenvalue weighted by Crippen LogP contribution is 2.36. The van der Waals surface area contributed by atoms with Crippen molar-refractivity contribution >= 4 is 38.4 Å². The summed E-state index contributed by atoms with van der Waals surface area (Å²) in [5.41, 5.74) is 2.06. The molecule has 1 fully saturated rings. The molecule has 2 heterocycles. The summed E-state index contributed by atoms with van der Waals surface area (Å²) in [4.78, 5) is 18.2. The molecule has 0 radical (unpaired) electrons. The van der Waals surface area contributed by atoms with Crippen molar-refractivity contribution in [1.82, 2.24) is 14.5 Å². The first kappa shape index (κ1) is 19.2. The number of esters is 1. The molecule has 0 amide bonds. The van der Waals surface area contributed by atoms with Crippen molar-refractivity contribution in [3.05, 3.63) is 44.5 Å². The molecular formula is C17H20BrN3O4S. The lowest BCUT2D eigenvalue weighted by atomic mass is 10.1. The average Bonchev–Trinajstić information content (AvgIpc) is 3.11. The first-order chi connectivity index (χ1) is 12.3. The Labute approximate surface area is 164 Å². The van der Waals surface area contributed by atoms with Crippen LogP contribution in [0.2, 0.25) is 0 Å². The molecule has 1 aliphatic heterocycles. The lowest BCUT2D eigenvalue weighted by molar-refractivity contribution is -0.155. The second-order valence-corrected chi connectivity index (χ2v) is 8.81. The van der Waals surface area contributed by atoms with Gasteiger partial charge in [0.2, 0.25) is 0 Å². The van der Waals surface area contributed by atoms with Crippen molar-refractivity contribution in [2.24, 2.45) is 0 Å². The van der Waals surface area contributed by atoms with Gasteiger partial charge in [-0.2, -0.15) is 4.98 Å². The van der Waals surface area contributed by atoms with E-state index >= 15 is 0 Å². The highest BCUT2D eigenvalue weighted by Gasteiger charge is 2.44. The SMILES string of the molecule is Cc1ccc(OCC(=O)OC2CN(C)C[N+]2([O-])c2ncc(Br)s2)c(C)c1. The molecule has 1 aromatic heterocycles. The van der Waals surface area contributed by atoms with Gasteiger partial charge in [0.05, 0.1) is 16.5 Å². The second-order valence-electron chi connectivity index (χ2n) is 6.42. The molecule has 140 valence electrons. The van der Waals surface area contributed by atoms with E-state index in [4.69, 9.17) is 9.47 Å². The molecule has 2 unspecified atom stereocenters. The van der Waals surface area contributed by atoms with Gasteiger partial charge in [0.15, 0.2) is 6.61 Å². The molecule has 26 heavy (non-hydrogen) atoms. The van der Waals surface area contributed by atoms with Gasteiger partial charge in [-0.15, -0.1) is 0 Å². The fourth-order valence-corrected chi connectivity index (χ4v) is 4.17. The van der Waals surface area contributed by atoms with E-state index in [1.807, 2.05) is 44.0 Å². The quantitative estimate of drug-likeness (QED) is 0.402. The maximum atomic E-state index is 13.3. The van der Waals surface area contributed by atoms with Crippen LogP contribution in [-0.4, -0.2) is 48.9 Å². The molecule has 1 saturated heterocycles. The van der Waals surface area contributed by atoms with Crippen molar-refractivity contribution in [2.75, 3.05) is 26.9 Å². The van der Waals surface area contributed by atoms with E-state index in [0.717, 1.165) is 14.9 Å². The van der Waals surface area contributed by atoms with Crippen LogP contribution >= 0.6 is 27.3 Å². The van der Waals surface area contributed by atoms with E-state index in [0.29, 0.717) is 17.4 Å². The molecule has 0 saturated carbocycles. The lowest BCUT2D eigenvalue weighted by Gasteiger charge is -2.38. The standard InChI is InChI=1S/C17H20BrN3O4S/c1-11-4-5-13(12(2)6-11)24-9-16(22)25-15-8-20(3)10-21(15,23)17-19-7-14(18)26-17/h4-7,15H,8-10H2,1-3H3. The van der Waals surface area contributed by atoms with E-state index in [9.17, 15) is 10.0 Å². The van der Waals surface area contributed by atoms with Gasteiger partial charge >= 0.3 is 5.97 Å². The molecule has 2 atom stereocenters. The topological polar surface area (TPSA) is 74.7 Å². The number of benzene rings is 1. The van der Waals surface area contributed by atoms with Crippen LogP contribution in [0.4, 0.5) is 5.13 Å². The van der Waals surface area contributed by atoms with Crippen molar-refractivity contribution in [1.29, 1.82) is 0 Å². The molecule has 0 bridgehead atoms. The van der Waals surface area contributed by atoms with E-state index in [1.165, 1.54) is 11.3 Å². The van der Waals surface area contributed by atoms with Crippen LogP contribution in [-0.2, 0) is 9.53 Å². The van der Waals surface area contributed by atoms with E-state index in [-0.39, 0.29) is 13.3 Å². The number of carbonyl (C=O) groups excluding carboxylic acids is 1. The Balaban J connectivity index is 1.65. The molecule has 0 spiro atoms. The normalized spacial score (nSPS) is 23.2. The Morgan fingerprint density at radius 3 is 2.92 bits per heavy atom. The minimum Gasteiger partial charge on any atom is -0.622 e. The molecule has 7 nitrogen and oxygen atoms in total. The smallest absolute Gasteiger partial charge is 0.348 e. The number of hydroxylamine groups is 2. The number of aryl methyl sites for hydroxylation is 2. The minimum absolute atomic E-state index is 0.176. The second kappa shape index (κ2) is 7.61. The molecule has 1 aliphatic rings. The van der Waals surface area contributed by atoms with Crippen LogP contribution in [0.1, 0.15) is 11.1 Å². The van der Waals surface area contributed by atoms with Gasteiger partial charge in [-0.05, 0) is 59.8 Å². The van der Waals surface area contributed by atoms with Crippen LogP contribution in [0.5, 0.6) is 5.75 Å². The molecule has 0 N–H and O–H groups in total. The molecule has 0 aliphatic carbocycles. The number of hydrogen-bond donors (Lipinski definition) is 0. The van der Waals surface area contributed by atoms with Crippen molar-refractivity contribution in [3.8, 4) is 5.75 Å². The van der Waals surface area contributed by atoms with Crippen LogP contribution in [0.15, 0.2) is 28.2 Å². The van der Waals surface area contributed by atoms with Gasteiger partial charge in [-0.1, -0.05) is 17.7 Å². The Morgan fingerprint density at radius 2 is 2.27 bits per heavy atom. The number of likely N-dealkylation sites (N-methyl/N-ethyl adjacent to an activating group) is 1. The van der Waals surface area contributed by atoms with Gasteiger partial charge in [0.1, 0.15) is 12.4 Å². The van der Waals surface area contributed by atoms with Gasteiger partial charge in [-0.25, -0.2) is 9.69 Å². The lowest BCUT2D eigenvalue weighted by Crippen LogP contribution is -2.51. The predicted molar refractivity (Wildman–Crippen MR) is 104 cm³/mol. The fraction of sp³-hybridized carbons (Fsp3) is 0.412. The number of hydrogen-bond acceptors (Lipinski definition) is 7. The predicted octanol–water partition coefficient (Wildman–Crippen LogP) is 3.18. The molecular weight excluding hydrogens is 422 g/mol. The number of rotatable bonds is 5. The number of aromatic nitrogens is 1. The summed E-state index contributed by atoms with van der Waals surface area (Å²) in [5.74, 6) is 0.0575. The monoisotopic (exact) mass is 441 g/mol. The largest absolute Gasteiger partial charge is 0.622 e. The zero-order chi connectivity index (χ0) is 18.9. The number of carbonyl (C=O) groups is 1. The number of thiazole rings is 1. The van der Waals surface area contributed by atoms with Gasteiger partial charge in [0, 0.05) is 0 Å². The van der Waals surface area contributed by atoms with Crippen LogP contribution in [0.3, 0.4) is 0 Å². The van der Waals surface area contributed by atoms with E-state index < -0.39 is 16.8 Å². The summed E-state index contributed by atoms with van der Waals surface area (Å²) >= 11 is 4.56. The highest BCUT2D eigenvalue weighted by atomic mass is 79.9. The highest BCUT2D eigenvalue weighted by molar-refractivity contribution is 9.11. The average molecular weight is 442 g/mol. The van der Waals surface area contributed by atoms with Gasteiger partial charge < -0.3 is 14.7 Å². The van der Waals surface area contributed by atoms with Crippen LogP contribution in [0, 0.1) is 19.1 Å². The summed E-state index contributed by atoms with van der Waals surface area (Å²) < 4.78 is 11.0. The Kier molecular flexibility index (Phi) is 5.64. The van der Waals surface area contributed by atoms with Gasteiger partial charge in [0.25, 0.3) is 11.4 Å². The van der Waals surface area contributed by atoms with Crippen LogP contribution in [0.25, 0.3) is 0 Å². The first-order valence-electron chi connectivity index (χ1n) is 8.06. The third kappa shape index (κ3) is 4.07. The Bertz CT molecular complexity index is 815. The summed E-state index contributed by atoms with van der Waals surface area (Å²) in [6, 6.07) is 5.72. The van der Waals surface area contributed by atoms with E-state index in [2.05, 4.69) is 20.9 Å². The number of quaternary nitrogens is 1. The molecule has 2 aromatic rings. The van der Waals surface area contributed by atoms with E-state index in [1.54, 1.807) is 6.20 Å². The van der Waals surface area contributed by atoms with Crippen molar-refractivity contribution in [3.63, 3.8) is 0 Å². The summed E-state index contributed by atoms with van der Waals surface area (Å²) in [7, 11) is 1.81. The third-order valence-electron chi connectivity index (χ3n) is 4.12. The maximum Gasteiger partial charge on any atom is 0.348 e. The number of halogens is 1. The summed E-state index contributed by atoms with van der Waals surface area (Å²) in [5, 5.41) is 13.6.